The minimum absolute atomic E-state index is 0.0339. The van der Waals surface area contributed by atoms with Gasteiger partial charge in [-0.25, -0.2) is 0 Å². The Kier molecular flexibility index (Phi) is 4.62. The van der Waals surface area contributed by atoms with Crippen LogP contribution in [0.4, 0.5) is 0 Å². The Morgan fingerprint density at radius 3 is 2.43 bits per heavy atom. The van der Waals surface area contributed by atoms with E-state index in [-0.39, 0.29) is 27.9 Å². The Labute approximate surface area is 166 Å². The van der Waals surface area contributed by atoms with Crippen LogP contribution in [0.5, 0.6) is 11.5 Å². The summed E-state index contributed by atoms with van der Waals surface area (Å²) in [6, 6.07) is 13.3. The van der Waals surface area contributed by atoms with Gasteiger partial charge in [0.1, 0.15) is 16.4 Å². The van der Waals surface area contributed by atoms with E-state index in [1.165, 1.54) is 42.5 Å². The third-order valence-corrected chi connectivity index (χ3v) is 5.47. The maximum Gasteiger partial charge on any atom is 0.339 e. The van der Waals surface area contributed by atoms with Crippen molar-refractivity contribution in [1.29, 1.82) is 0 Å². The second-order valence-electron chi connectivity index (χ2n) is 5.87. The summed E-state index contributed by atoms with van der Waals surface area (Å²) in [6.07, 6.45) is 4.80. The molecule has 0 radical (unpaired) electrons. The lowest BCUT2D eigenvalue weighted by Crippen LogP contribution is -2.09. The summed E-state index contributed by atoms with van der Waals surface area (Å²) in [5, 5.41) is 0.414. The molecule has 28 heavy (non-hydrogen) atoms. The summed E-state index contributed by atoms with van der Waals surface area (Å²) in [5.41, 5.74) is 1.09. The molecule has 1 aliphatic rings. The van der Waals surface area contributed by atoms with Crippen LogP contribution in [-0.4, -0.2) is 19.2 Å². The molecule has 4 rings (SSSR count). The average molecular weight is 414 g/mol. The van der Waals surface area contributed by atoms with Gasteiger partial charge in [0.15, 0.2) is 5.76 Å². The highest BCUT2D eigenvalue weighted by molar-refractivity contribution is 7.87. The molecule has 2 heterocycles. The highest BCUT2D eigenvalue weighted by atomic mass is 35.5. The number of hydrogen-bond acceptors (Lipinski definition) is 6. The largest absolute Gasteiger partial charge is 0.452 e. The van der Waals surface area contributed by atoms with Gasteiger partial charge in [0.2, 0.25) is 5.78 Å². The van der Waals surface area contributed by atoms with Crippen LogP contribution >= 0.6 is 11.6 Å². The summed E-state index contributed by atoms with van der Waals surface area (Å²) in [4.78, 5) is 16.4. The van der Waals surface area contributed by atoms with Gasteiger partial charge >= 0.3 is 10.1 Å². The summed E-state index contributed by atoms with van der Waals surface area (Å²) in [5.74, 6) is 0.110. The lowest BCUT2D eigenvalue weighted by atomic mass is 10.1. The Hall–Kier alpha value is -3.16. The number of halogens is 1. The quantitative estimate of drug-likeness (QED) is 0.472. The molecule has 0 atom stereocenters. The predicted octanol–water partition coefficient (Wildman–Crippen LogP) is 4.12. The van der Waals surface area contributed by atoms with Crippen LogP contribution in [0.25, 0.3) is 6.08 Å². The van der Waals surface area contributed by atoms with Gasteiger partial charge in [-0.15, -0.1) is 0 Å². The number of fused-ring (bicyclic) bond motifs is 1. The summed E-state index contributed by atoms with van der Waals surface area (Å²) < 4.78 is 35.5. The molecule has 0 N–H and O–H groups in total. The Balaban J connectivity index is 1.60. The lowest BCUT2D eigenvalue weighted by Gasteiger charge is -2.08. The SMILES string of the molecule is O=C1/C(=C/c2ccncc2)Oc2cc(OS(=O)(=O)c3ccc(Cl)cc3)ccc21. The van der Waals surface area contributed by atoms with E-state index in [0.29, 0.717) is 10.6 Å². The van der Waals surface area contributed by atoms with E-state index in [1.807, 2.05) is 0 Å². The first-order valence-corrected chi connectivity index (χ1v) is 9.89. The average Bonchev–Trinajstić information content (AvgIpc) is 2.97. The van der Waals surface area contributed by atoms with Crippen molar-refractivity contribution < 1.29 is 22.1 Å². The van der Waals surface area contributed by atoms with Crippen LogP contribution < -0.4 is 8.92 Å². The van der Waals surface area contributed by atoms with Gasteiger partial charge < -0.3 is 8.92 Å². The van der Waals surface area contributed by atoms with Crippen molar-refractivity contribution in [3.05, 3.63) is 88.9 Å². The molecular weight excluding hydrogens is 402 g/mol. The zero-order valence-corrected chi connectivity index (χ0v) is 15.8. The maximum absolute atomic E-state index is 12.5. The number of ether oxygens (including phenoxy) is 1. The Morgan fingerprint density at radius 2 is 1.71 bits per heavy atom. The molecule has 0 amide bonds. The minimum atomic E-state index is -4.04. The molecule has 6 nitrogen and oxygen atoms in total. The van der Waals surface area contributed by atoms with E-state index in [0.717, 1.165) is 5.56 Å². The van der Waals surface area contributed by atoms with Crippen molar-refractivity contribution >= 4 is 33.6 Å². The van der Waals surface area contributed by atoms with Crippen LogP contribution in [0.15, 0.2) is 77.6 Å². The van der Waals surface area contributed by atoms with Gasteiger partial charge in [-0.3, -0.25) is 9.78 Å². The molecule has 1 aromatic heterocycles. The number of allylic oxidation sites excluding steroid dienone is 1. The molecule has 0 saturated heterocycles. The van der Waals surface area contributed by atoms with Crippen molar-refractivity contribution in [1.82, 2.24) is 4.98 Å². The molecule has 8 heteroatoms. The van der Waals surface area contributed by atoms with Crippen molar-refractivity contribution in [2.45, 2.75) is 4.90 Å². The number of aromatic nitrogens is 1. The Bertz CT molecular complexity index is 1190. The highest BCUT2D eigenvalue weighted by Gasteiger charge is 2.28. The number of rotatable bonds is 4. The first-order chi connectivity index (χ1) is 13.4. The Morgan fingerprint density at radius 1 is 1.00 bits per heavy atom. The fraction of sp³-hybridized carbons (Fsp3) is 0. The van der Waals surface area contributed by atoms with Crippen LogP contribution in [0.2, 0.25) is 5.02 Å². The highest BCUT2D eigenvalue weighted by Crippen LogP contribution is 2.35. The summed E-state index contributed by atoms with van der Waals surface area (Å²) in [7, 11) is -4.04. The number of pyridine rings is 1. The monoisotopic (exact) mass is 413 g/mol. The number of carbonyl (C=O) groups is 1. The number of benzene rings is 2. The van der Waals surface area contributed by atoms with Crippen LogP contribution in [0.3, 0.4) is 0 Å². The van der Waals surface area contributed by atoms with Crippen LogP contribution in [-0.2, 0) is 10.1 Å². The molecule has 3 aromatic rings. The van der Waals surface area contributed by atoms with E-state index in [4.69, 9.17) is 20.5 Å². The fourth-order valence-corrected chi connectivity index (χ4v) is 3.65. The van der Waals surface area contributed by atoms with Crippen LogP contribution in [0, 0.1) is 0 Å². The van der Waals surface area contributed by atoms with Gasteiger partial charge in [-0.2, -0.15) is 8.42 Å². The third-order valence-electron chi connectivity index (χ3n) is 3.95. The number of hydrogen-bond donors (Lipinski definition) is 0. The molecule has 0 unspecified atom stereocenters. The number of Topliss-reactive ketones (excluding diaryl/α,β-unsaturated/α-hetero) is 1. The second-order valence-corrected chi connectivity index (χ2v) is 7.85. The molecule has 0 aliphatic carbocycles. The molecule has 1 aliphatic heterocycles. The first-order valence-electron chi connectivity index (χ1n) is 8.11. The van der Waals surface area contributed by atoms with E-state index in [2.05, 4.69) is 4.98 Å². The molecular formula is C20H12ClNO5S. The molecule has 0 bridgehead atoms. The van der Waals surface area contributed by atoms with E-state index in [9.17, 15) is 13.2 Å². The van der Waals surface area contributed by atoms with Crippen molar-refractivity contribution in [2.75, 3.05) is 0 Å². The zero-order chi connectivity index (χ0) is 19.7. The second kappa shape index (κ2) is 7.10. The number of nitrogens with zero attached hydrogens (tertiary/aromatic N) is 1. The maximum atomic E-state index is 12.5. The van der Waals surface area contributed by atoms with Crippen molar-refractivity contribution in [3.8, 4) is 11.5 Å². The molecule has 0 saturated carbocycles. The smallest absolute Gasteiger partial charge is 0.339 e. The normalized spacial score (nSPS) is 14.6. The topological polar surface area (TPSA) is 82.6 Å². The number of carbonyl (C=O) groups excluding carboxylic acids is 1. The lowest BCUT2D eigenvalue weighted by molar-refractivity contribution is 0.101. The standard InChI is InChI=1S/C20H12ClNO5S/c21-14-1-4-16(5-2-14)28(24,25)27-15-3-6-17-18(12-15)26-19(20(17)23)11-13-7-9-22-10-8-13/h1-12H/b19-11-. The third kappa shape index (κ3) is 3.62. The molecule has 2 aromatic carbocycles. The molecule has 0 fully saturated rings. The van der Waals surface area contributed by atoms with Gasteiger partial charge in [0.05, 0.1) is 5.56 Å². The fourth-order valence-electron chi connectivity index (χ4n) is 2.61. The van der Waals surface area contributed by atoms with Crippen molar-refractivity contribution in [2.24, 2.45) is 0 Å². The molecule has 0 spiro atoms. The minimum Gasteiger partial charge on any atom is -0.452 e. The zero-order valence-electron chi connectivity index (χ0n) is 14.2. The molecule has 140 valence electrons. The van der Waals surface area contributed by atoms with Gasteiger partial charge in [-0.05, 0) is 60.2 Å². The van der Waals surface area contributed by atoms with Gasteiger partial charge in [0, 0.05) is 23.5 Å². The van der Waals surface area contributed by atoms with Crippen molar-refractivity contribution in [3.63, 3.8) is 0 Å². The first kappa shape index (κ1) is 18.2. The van der Waals surface area contributed by atoms with Gasteiger partial charge in [0.25, 0.3) is 0 Å². The number of ketones is 1. The predicted molar refractivity (Wildman–Crippen MR) is 103 cm³/mol. The van der Waals surface area contributed by atoms with Gasteiger partial charge in [-0.1, -0.05) is 11.6 Å². The summed E-state index contributed by atoms with van der Waals surface area (Å²) >= 11 is 5.78. The van der Waals surface area contributed by atoms with E-state index < -0.39 is 10.1 Å². The summed E-state index contributed by atoms with van der Waals surface area (Å²) in [6.45, 7) is 0. The van der Waals surface area contributed by atoms with E-state index >= 15 is 0 Å². The van der Waals surface area contributed by atoms with E-state index in [1.54, 1.807) is 30.6 Å². The van der Waals surface area contributed by atoms with Crippen LogP contribution in [0.1, 0.15) is 15.9 Å².